The molecular formula is C18H34B4O2. The quantitative estimate of drug-likeness (QED) is 0.318. The van der Waals surface area contributed by atoms with Crippen LogP contribution < -0.4 is 0 Å². The zero-order chi connectivity index (χ0) is 18.5. The molecule has 130 valence electrons. The fourth-order valence-corrected chi connectivity index (χ4v) is 2.42. The normalized spacial score (nSPS) is 13.4. The Bertz CT molecular complexity index is 440. The highest BCUT2D eigenvalue weighted by molar-refractivity contribution is 6.44. The van der Waals surface area contributed by atoms with Crippen molar-refractivity contribution < 1.29 is 9.90 Å². The minimum Gasteiger partial charge on any atom is -0.481 e. The summed E-state index contributed by atoms with van der Waals surface area (Å²) in [6, 6.07) is 0. The number of carboxylic acid groups (broad SMARTS) is 1. The second-order valence-corrected chi connectivity index (χ2v) is 7.89. The Morgan fingerprint density at radius 3 is 1.88 bits per heavy atom. The van der Waals surface area contributed by atoms with E-state index in [0.29, 0.717) is 6.42 Å². The molecule has 0 aliphatic carbocycles. The second kappa shape index (κ2) is 12.3. The molecule has 0 spiro atoms. The van der Waals surface area contributed by atoms with E-state index in [0.717, 1.165) is 32.1 Å². The molecule has 0 bridgehead atoms. The number of unbranched alkanes of at least 4 members (excludes halogenated alkanes) is 5. The van der Waals surface area contributed by atoms with Crippen LogP contribution in [0.25, 0.3) is 0 Å². The molecule has 0 saturated carbocycles. The van der Waals surface area contributed by atoms with Gasteiger partial charge in [-0.15, -0.1) is 0 Å². The lowest BCUT2D eigenvalue weighted by Gasteiger charge is -2.20. The second-order valence-electron chi connectivity index (χ2n) is 7.89. The fourth-order valence-electron chi connectivity index (χ4n) is 2.42. The summed E-state index contributed by atoms with van der Waals surface area (Å²) < 4.78 is 0. The maximum atomic E-state index is 10.4. The predicted molar refractivity (Wildman–Crippen MR) is 117 cm³/mol. The van der Waals surface area contributed by atoms with E-state index in [4.69, 9.17) is 5.11 Å². The van der Waals surface area contributed by atoms with Crippen molar-refractivity contribution in [2.24, 2.45) is 0 Å². The van der Waals surface area contributed by atoms with Crippen molar-refractivity contribution in [3.05, 3.63) is 36.5 Å². The van der Waals surface area contributed by atoms with E-state index in [-0.39, 0.29) is 10.4 Å². The van der Waals surface area contributed by atoms with Gasteiger partial charge in [-0.2, -0.15) is 0 Å². The Labute approximate surface area is 152 Å². The van der Waals surface area contributed by atoms with Gasteiger partial charge in [0.2, 0.25) is 0 Å². The van der Waals surface area contributed by atoms with E-state index >= 15 is 0 Å². The van der Waals surface area contributed by atoms with Crippen molar-refractivity contribution in [1.29, 1.82) is 0 Å². The summed E-state index contributed by atoms with van der Waals surface area (Å²) in [5, 5.41) is 8.77. The summed E-state index contributed by atoms with van der Waals surface area (Å²) in [5.41, 5.74) is 0. The van der Waals surface area contributed by atoms with Gasteiger partial charge in [0, 0.05) is 6.42 Å². The number of hydrogen-bond acceptors (Lipinski definition) is 1. The average Bonchev–Trinajstić information content (AvgIpc) is 2.49. The lowest BCUT2D eigenvalue weighted by molar-refractivity contribution is -0.137. The molecule has 0 heterocycles. The molecule has 1 N–H and O–H groups in total. The van der Waals surface area contributed by atoms with Crippen LogP contribution in [-0.4, -0.2) is 42.5 Å². The molecule has 0 fully saturated rings. The molecule has 2 nitrogen and oxygen atoms in total. The molecule has 0 amide bonds. The standard InChI is InChI=1S/C18H34B4O2/c1-2-3-12-17(19,20)14-15-18(21,22)13-10-8-6-4-5-7-9-11-16(23)24/h3,10,12-15H,2,4-9,11,19-22H2,1H3,(H,23,24)/b12-3-,13-10-,15-14-. The molecule has 0 aromatic heterocycles. The molecule has 0 aliphatic rings. The van der Waals surface area contributed by atoms with Crippen molar-refractivity contribution >= 4 is 37.4 Å². The SMILES string of the molecule is BC(B)(/C=C\CC)/C=C\C(B)(B)/C=C\CCCCCCCC(=O)O. The van der Waals surface area contributed by atoms with Crippen LogP contribution in [0.3, 0.4) is 0 Å². The van der Waals surface area contributed by atoms with Gasteiger partial charge in [-0.3, -0.25) is 4.79 Å². The summed E-state index contributed by atoms with van der Waals surface area (Å²) in [6.07, 6.45) is 21.5. The van der Waals surface area contributed by atoms with E-state index in [1.807, 2.05) is 0 Å². The van der Waals surface area contributed by atoms with Gasteiger partial charge in [0.25, 0.3) is 0 Å². The molecule has 0 aromatic carbocycles. The van der Waals surface area contributed by atoms with Crippen molar-refractivity contribution in [2.45, 2.75) is 68.7 Å². The largest absolute Gasteiger partial charge is 0.481 e. The number of carbonyl (C=O) groups is 1. The summed E-state index contributed by atoms with van der Waals surface area (Å²) in [4.78, 5) is 10.4. The van der Waals surface area contributed by atoms with Gasteiger partial charge < -0.3 is 5.11 Å². The van der Waals surface area contributed by atoms with Crippen LogP contribution in [0, 0.1) is 0 Å². The summed E-state index contributed by atoms with van der Waals surface area (Å²) in [6.45, 7) is 2.16. The van der Waals surface area contributed by atoms with Crippen LogP contribution >= 0.6 is 0 Å². The molecular weight excluding hydrogens is 291 g/mol. The highest BCUT2D eigenvalue weighted by atomic mass is 16.4. The van der Waals surface area contributed by atoms with Gasteiger partial charge in [0.05, 0.1) is 0 Å². The van der Waals surface area contributed by atoms with Crippen LogP contribution in [0.1, 0.15) is 58.3 Å². The highest BCUT2D eigenvalue weighted by Gasteiger charge is 2.14. The van der Waals surface area contributed by atoms with Crippen LogP contribution in [0.15, 0.2) is 36.5 Å². The lowest BCUT2D eigenvalue weighted by atomic mass is 9.50. The lowest BCUT2D eigenvalue weighted by Crippen LogP contribution is -2.10. The smallest absolute Gasteiger partial charge is 0.303 e. The van der Waals surface area contributed by atoms with Crippen molar-refractivity contribution in [3.8, 4) is 0 Å². The first-order valence-electron chi connectivity index (χ1n) is 9.46. The Morgan fingerprint density at radius 2 is 1.33 bits per heavy atom. The summed E-state index contributed by atoms with van der Waals surface area (Å²) in [5.74, 6) is -0.679. The molecule has 0 unspecified atom stereocenters. The van der Waals surface area contributed by atoms with Crippen LogP contribution in [0.5, 0.6) is 0 Å². The first-order chi connectivity index (χ1) is 11.2. The van der Waals surface area contributed by atoms with E-state index in [1.165, 1.54) is 12.8 Å². The van der Waals surface area contributed by atoms with Gasteiger partial charge in [-0.25, -0.2) is 0 Å². The maximum Gasteiger partial charge on any atom is 0.303 e. The molecule has 0 atom stereocenters. The Hall–Kier alpha value is -1.05. The van der Waals surface area contributed by atoms with E-state index in [9.17, 15) is 4.79 Å². The third-order valence-corrected chi connectivity index (χ3v) is 4.03. The number of allylic oxidation sites excluding steroid dienone is 6. The third-order valence-electron chi connectivity index (χ3n) is 4.03. The van der Waals surface area contributed by atoms with Crippen molar-refractivity contribution in [2.75, 3.05) is 0 Å². The van der Waals surface area contributed by atoms with Crippen molar-refractivity contribution in [1.82, 2.24) is 0 Å². The molecule has 6 heteroatoms. The molecule has 24 heavy (non-hydrogen) atoms. The molecule has 0 aromatic rings. The maximum absolute atomic E-state index is 10.4. The van der Waals surface area contributed by atoms with E-state index < -0.39 is 5.97 Å². The average molecular weight is 326 g/mol. The van der Waals surface area contributed by atoms with E-state index in [1.54, 1.807) is 0 Å². The Balaban J connectivity index is 4.02. The summed E-state index contributed by atoms with van der Waals surface area (Å²) in [7, 11) is 8.96. The Morgan fingerprint density at radius 1 is 0.833 bits per heavy atom. The zero-order valence-electron chi connectivity index (χ0n) is 16.5. The van der Waals surface area contributed by atoms with Gasteiger partial charge in [-0.1, -0.05) is 73.1 Å². The minimum atomic E-state index is -0.679. The fraction of sp³-hybridized carbons (Fsp3) is 0.611. The highest BCUT2D eigenvalue weighted by Crippen LogP contribution is 2.27. The summed E-state index contributed by atoms with van der Waals surface area (Å²) >= 11 is 0. The zero-order valence-corrected chi connectivity index (χ0v) is 16.5. The number of aliphatic carboxylic acids is 1. The topological polar surface area (TPSA) is 37.3 Å². The van der Waals surface area contributed by atoms with Gasteiger partial charge in [0.15, 0.2) is 0 Å². The van der Waals surface area contributed by atoms with Gasteiger partial charge >= 0.3 is 5.97 Å². The molecule has 0 aliphatic heterocycles. The van der Waals surface area contributed by atoms with E-state index in [2.05, 4.69) is 74.8 Å². The van der Waals surface area contributed by atoms with Crippen LogP contribution in [0.4, 0.5) is 0 Å². The Kier molecular flexibility index (Phi) is 11.8. The monoisotopic (exact) mass is 326 g/mol. The minimum absolute atomic E-state index is 0.0822. The molecule has 0 radical (unpaired) electrons. The third kappa shape index (κ3) is 14.5. The number of carboxylic acids is 1. The van der Waals surface area contributed by atoms with Crippen LogP contribution in [0.2, 0.25) is 10.4 Å². The van der Waals surface area contributed by atoms with Gasteiger partial charge in [0.1, 0.15) is 31.4 Å². The number of hydrogen-bond donors (Lipinski definition) is 1. The first kappa shape index (κ1) is 22.9. The number of rotatable bonds is 13. The molecule has 0 rings (SSSR count). The first-order valence-corrected chi connectivity index (χ1v) is 9.46. The van der Waals surface area contributed by atoms with Crippen LogP contribution in [-0.2, 0) is 4.79 Å². The molecule has 0 saturated heterocycles. The van der Waals surface area contributed by atoms with Crippen molar-refractivity contribution in [3.63, 3.8) is 0 Å². The predicted octanol–water partition coefficient (Wildman–Crippen LogP) is 1.65. The van der Waals surface area contributed by atoms with Gasteiger partial charge in [-0.05, 0) is 25.7 Å².